The molecule has 3 aromatic rings. The number of aromatic nitrogens is 3. The van der Waals surface area contributed by atoms with E-state index in [0.717, 1.165) is 22.2 Å². The van der Waals surface area contributed by atoms with E-state index < -0.39 is 0 Å². The Bertz CT molecular complexity index is 763. The average molecular weight is 266 g/mol. The van der Waals surface area contributed by atoms with Crippen LogP contribution in [0.1, 0.15) is 21.6 Å². The summed E-state index contributed by atoms with van der Waals surface area (Å²) in [4.78, 5) is 16.4. The van der Waals surface area contributed by atoms with Crippen LogP contribution in [0.2, 0.25) is 0 Å². The van der Waals surface area contributed by atoms with E-state index in [1.54, 1.807) is 18.5 Å². The van der Waals surface area contributed by atoms with Crippen molar-refractivity contribution in [2.75, 3.05) is 0 Å². The minimum absolute atomic E-state index is 0.101. The van der Waals surface area contributed by atoms with E-state index in [4.69, 9.17) is 0 Å². The average Bonchev–Trinajstić information content (AvgIpc) is 2.89. The van der Waals surface area contributed by atoms with Crippen LogP contribution in [0, 0.1) is 6.92 Å². The fraction of sp³-hybridized carbons (Fsp3) is 0.133. The Balaban J connectivity index is 1.77. The molecule has 0 aliphatic rings. The summed E-state index contributed by atoms with van der Waals surface area (Å²) in [6.45, 7) is 2.39. The van der Waals surface area contributed by atoms with Crippen LogP contribution in [-0.4, -0.2) is 21.1 Å². The Hall–Kier alpha value is -2.69. The molecule has 0 aliphatic heterocycles. The summed E-state index contributed by atoms with van der Waals surface area (Å²) < 4.78 is 0. The van der Waals surface area contributed by atoms with Crippen LogP contribution in [0.5, 0.6) is 0 Å². The molecule has 0 aliphatic carbocycles. The normalized spacial score (nSPS) is 10.7. The third-order valence-electron chi connectivity index (χ3n) is 3.24. The van der Waals surface area contributed by atoms with Crippen LogP contribution in [0.15, 0.2) is 42.7 Å². The standard InChI is InChI=1S/C15H14N4O/c1-10-13(9-18-19-10)8-17-15(20)12-4-5-14-11(7-12)3-2-6-16-14/h2-7,9H,8H2,1H3,(H,17,20)(H,18,19). The molecule has 0 spiro atoms. The lowest BCUT2D eigenvalue weighted by Gasteiger charge is -2.05. The number of aromatic amines is 1. The number of carbonyl (C=O) groups excluding carboxylic acids is 1. The maximum atomic E-state index is 12.1. The highest BCUT2D eigenvalue weighted by Gasteiger charge is 2.08. The summed E-state index contributed by atoms with van der Waals surface area (Å²) in [6.07, 6.45) is 3.46. The van der Waals surface area contributed by atoms with Crippen molar-refractivity contribution in [2.24, 2.45) is 0 Å². The quantitative estimate of drug-likeness (QED) is 0.763. The molecular formula is C15H14N4O. The lowest BCUT2D eigenvalue weighted by molar-refractivity contribution is 0.0951. The van der Waals surface area contributed by atoms with E-state index >= 15 is 0 Å². The van der Waals surface area contributed by atoms with Crippen LogP contribution in [0.25, 0.3) is 10.9 Å². The molecule has 2 heterocycles. The number of nitrogens with zero attached hydrogens (tertiary/aromatic N) is 2. The first-order valence-corrected chi connectivity index (χ1v) is 6.36. The predicted molar refractivity (Wildman–Crippen MR) is 76.2 cm³/mol. The van der Waals surface area contributed by atoms with Gasteiger partial charge in [0.2, 0.25) is 0 Å². The molecule has 2 aromatic heterocycles. The summed E-state index contributed by atoms with van der Waals surface area (Å²) in [7, 11) is 0. The number of benzene rings is 1. The summed E-state index contributed by atoms with van der Waals surface area (Å²) >= 11 is 0. The summed E-state index contributed by atoms with van der Waals surface area (Å²) in [5, 5.41) is 10.6. The molecule has 0 fully saturated rings. The molecule has 0 unspecified atom stereocenters. The lowest BCUT2D eigenvalue weighted by atomic mass is 10.1. The zero-order chi connectivity index (χ0) is 13.9. The smallest absolute Gasteiger partial charge is 0.251 e. The first-order chi connectivity index (χ1) is 9.74. The van der Waals surface area contributed by atoms with Crippen LogP contribution >= 0.6 is 0 Å². The van der Waals surface area contributed by atoms with Gasteiger partial charge in [-0.3, -0.25) is 14.9 Å². The van der Waals surface area contributed by atoms with Gasteiger partial charge in [-0.05, 0) is 31.2 Å². The number of hydrogen-bond donors (Lipinski definition) is 2. The molecular weight excluding hydrogens is 252 g/mol. The van der Waals surface area contributed by atoms with E-state index in [-0.39, 0.29) is 5.91 Å². The molecule has 1 aromatic carbocycles. The topological polar surface area (TPSA) is 70.7 Å². The minimum Gasteiger partial charge on any atom is -0.348 e. The first-order valence-electron chi connectivity index (χ1n) is 6.36. The van der Waals surface area contributed by atoms with Crippen molar-refractivity contribution >= 4 is 16.8 Å². The van der Waals surface area contributed by atoms with Crippen molar-refractivity contribution < 1.29 is 4.79 Å². The molecule has 2 N–H and O–H groups in total. The highest BCUT2D eigenvalue weighted by molar-refractivity contribution is 5.97. The summed E-state index contributed by atoms with van der Waals surface area (Å²) in [5.74, 6) is -0.101. The van der Waals surface area contributed by atoms with E-state index in [9.17, 15) is 4.79 Å². The van der Waals surface area contributed by atoms with Gasteiger partial charge >= 0.3 is 0 Å². The van der Waals surface area contributed by atoms with E-state index in [1.165, 1.54) is 0 Å². The van der Waals surface area contributed by atoms with Crippen LogP contribution < -0.4 is 5.32 Å². The Morgan fingerprint density at radius 2 is 2.25 bits per heavy atom. The molecule has 0 saturated heterocycles. The van der Waals surface area contributed by atoms with Crippen molar-refractivity contribution in [1.29, 1.82) is 0 Å². The van der Waals surface area contributed by atoms with Gasteiger partial charge in [0.15, 0.2) is 0 Å². The van der Waals surface area contributed by atoms with Crippen LogP contribution in [-0.2, 0) is 6.54 Å². The highest BCUT2D eigenvalue weighted by atomic mass is 16.1. The number of amides is 1. The number of aryl methyl sites for hydroxylation is 1. The summed E-state index contributed by atoms with van der Waals surface area (Å²) in [6, 6.07) is 9.29. The molecule has 20 heavy (non-hydrogen) atoms. The van der Waals surface area contributed by atoms with Crippen molar-refractivity contribution in [2.45, 2.75) is 13.5 Å². The molecule has 0 radical (unpaired) electrons. The number of fused-ring (bicyclic) bond motifs is 1. The van der Waals surface area contributed by atoms with Crippen molar-refractivity contribution in [1.82, 2.24) is 20.5 Å². The van der Waals surface area contributed by atoms with Gasteiger partial charge in [-0.25, -0.2) is 0 Å². The second kappa shape index (κ2) is 5.13. The molecule has 0 bridgehead atoms. The minimum atomic E-state index is -0.101. The second-order valence-corrected chi connectivity index (χ2v) is 4.61. The Morgan fingerprint density at radius 1 is 1.35 bits per heavy atom. The zero-order valence-electron chi connectivity index (χ0n) is 11.1. The zero-order valence-corrected chi connectivity index (χ0v) is 11.1. The van der Waals surface area contributed by atoms with Gasteiger partial charge in [-0.1, -0.05) is 6.07 Å². The molecule has 1 amide bonds. The third kappa shape index (κ3) is 2.38. The molecule has 5 nitrogen and oxygen atoms in total. The number of nitrogens with one attached hydrogen (secondary N) is 2. The third-order valence-corrected chi connectivity index (χ3v) is 3.24. The van der Waals surface area contributed by atoms with Gasteiger partial charge in [0.05, 0.1) is 11.7 Å². The van der Waals surface area contributed by atoms with Crippen molar-refractivity contribution in [3.8, 4) is 0 Å². The van der Waals surface area contributed by atoms with Crippen LogP contribution in [0.3, 0.4) is 0 Å². The lowest BCUT2D eigenvalue weighted by Crippen LogP contribution is -2.22. The van der Waals surface area contributed by atoms with Crippen LogP contribution in [0.4, 0.5) is 0 Å². The maximum absolute atomic E-state index is 12.1. The number of pyridine rings is 1. The van der Waals surface area contributed by atoms with Crippen molar-refractivity contribution in [3.63, 3.8) is 0 Å². The number of carbonyl (C=O) groups is 1. The second-order valence-electron chi connectivity index (χ2n) is 4.61. The van der Waals surface area contributed by atoms with E-state index in [1.807, 2.05) is 31.2 Å². The fourth-order valence-corrected chi connectivity index (χ4v) is 2.05. The van der Waals surface area contributed by atoms with E-state index in [0.29, 0.717) is 12.1 Å². The monoisotopic (exact) mass is 266 g/mol. The first kappa shape index (κ1) is 12.3. The molecule has 3 rings (SSSR count). The SMILES string of the molecule is Cc1[nH]ncc1CNC(=O)c1ccc2ncccc2c1. The van der Waals surface area contributed by atoms with Gasteiger partial charge < -0.3 is 5.32 Å². The van der Waals surface area contributed by atoms with Gasteiger partial charge in [-0.2, -0.15) is 5.10 Å². The molecule has 0 saturated carbocycles. The number of rotatable bonds is 3. The largest absolute Gasteiger partial charge is 0.348 e. The Kier molecular flexibility index (Phi) is 3.16. The predicted octanol–water partition coefficient (Wildman–Crippen LogP) is 2.20. The number of hydrogen-bond acceptors (Lipinski definition) is 3. The van der Waals surface area contributed by atoms with Crippen molar-refractivity contribution in [3.05, 3.63) is 59.5 Å². The van der Waals surface area contributed by atoms with Gasteiger partial charge in [0.25, 0.3) is 5.91 Å². The number of H-pyrrole nitrogens is 1. The highest BCUT2D eigenvalue weighted by Crippen LogP contribution is 2.13. The van der Waals surface area contributed by atoms with Gasteiger partial charge in [0.1, 0.15) is 0 Å². The Labute approximate surface area is 116 Å². The molecule has 5 heteroatoms. The molecule has 100 valence electrons. The molecule has 0 atom stereocenters. The maximum Gasteiger partial charge on any atom is 0.251 e. The van der Waals surface area contributed by atoms with E-state index in [2.05, 4.69) is 20.5 Å². The van der Waals surface area contributed by atoms with Gasteiger partial charge in [-0.15, -0.1) is 0 Å². The Morgan fingerprint density at radius 3 is 3.05 bits per heavy atom. The van der Waals surface area contributed by atoms with Gasteiger partial charge in [0, 0.05) is 34.9 Å². The fourth-order valence-electron chi connectivity index (χ4n) is 2.05. The summed E-state index contributed by atoms with van der Waals surface area (Å²) in [5.41, 5.74) is 3.47.